The molecule has 0 bridgehead atoms. The van der Waals surface area contributed by atoms with E-state index in [1.807, 2.05) is 13.8 Å². The van der Waals surface area contributed by atoms with Gasteiger partial charge in [0.2, 0.25) is 0 Å². The lowest BCUT2D eigenvalue weighted by Crippen LogP contribution is -2.02. The number of hydrogen-bond donors (Lipinski definition) is 2. The number of rotatable bonds is 3. The lowest BCUT2D eigenvalue weighted by molar-refractivity contribution is 0.0692. The normalized spacial score (nSPS) is 10.4. The maximum absolute atomic E-state index is 10.8. The van der Waals surface area contributed by atoms with Crippen LogP contribution >= 0.6 is 0 Å². The molecule has 0 aromatic heterocycles. The molecule has 0 atom stereocenters. The molecule has 0 radical (unpaired) electrons. The highest BCUT2D eigenvalue weighted by Gasteiger charge is 2.19. The SMILES string of the molecule is COc1c(C(=O)O)ccc(C(C)C)c1O. The maximum atomic E-state index is 10.8. The molecule has 0 aliphatic heterocycles. The van der Waals surface area contributed by atoms with Crippen molar-refractivity contribution in [2.24, 2.45) is 0 Å². The smallest absolute Gasteiger partial charge is 0.339 e. The van der Waals surface area contributed by atoms with E-state index in [9.17, 15) is 9.90 Å². The molecule has 82 valence electrons. The number of phenols is 1. The van der Waals surface area contributed by atoms with Crippen molar-refractivity contribution in [3.05, 3.63) is 23.3 Å². The Bertz CT molecular complexity index is 382. The van der Waals surface area contributed by atoms with Crippen molar-refractivity contribution in [3.8, 4) is 11.5 Å². The number of carboxylic acid groups (broad SMARTS) is 1. The number of benzene rings is 1. The molecule has 0 heterocycles. The molecule has 0 spiro atoms. The van der Waals surface area contributed by atoms with Crippen molar-refractivity contribution in [2.75, 3.05) is 7.11 Å². The number of methoxy groups -OCH3 is 1. The van der Waals surface area contributed by atoms with Crippen molar-refractivity contribution in [2.45, 2.75) is 19.8 Å². The molecule has 1 rings (SSSR count). The highest BCUT2D eigenvalue weighted by atomic mass is 16.5. The minimum atomic E-state index is -1.11. The van der Waals surface area contributed by atoms with Gasteiger partial charge in [-0.2, -0.15) is 0 Å². The summed E-state index contributed by atoms with van der Waals surface area (Å²) in [4.78, 5) is 10.8. The summed E-state index contributed by atoms with van der Waals surface area (Å²) in [6.07, 6.45) is 0. The quantitative estimate of drug-likeness (QED) is 0.802. The zero-order valence-corrected chi connectivity index (χ0v) is 8.94. The van der Waals surface area contributed by atoms with Crippen LogP contribution in [0.5, 0.6) is 11.5 Å². The van der Waals surface area contributed by atoms with Gasteiger partial charge in [-0.15, -0.1) is 0 Å². The molecule has 4 heteroatoms. The van der Waals surface area contributed by atoms with E-state index in [1.165, 1.54) is 13.2 Å². The Morgan fingerprint density at radius 2 is 2.00 bits per heavy atom. The van der Waals surface area contributed by atoms with Crippen molar-refractivity contribution in [3.63, 3.8) is 0 Å². The van der Waals surface area contributed by atoms with Crippen LogP contribution in [0.1, 0.15) is 35.7 Å². The fraction of sp³-hybridized carbons (Fsp3) is 0.364. The van der Waals surface area contributed by atoms with Gasteiger partial charge in [-0.3, -0.25) is 0 Å². The molecule has 0 unspecified atom stereocenters. The Hall–Kier alpha value is -1.71. The molecular formula is C11H14O4. The molecule has 0 amide bonds. The summed E-state index contributed by atoms with van der Waals surface area (Å²) in [5.41, 5.74) is 0.649. The summed E-state index contributed by atoms with van der Waals surface area (Å²) < 4.78 is 4.90. The van der Waals surface area contributed by atoms with Gasteiger partial charge in [0.25, 0.3) is 0 Å². The van der Waals surface area contributed by atoms with Crippen LogP contribution in [0, 0.1) is 0 Å². The van der Waals surface area contributed by atoms with E-state index in [4.69, 9.17) is 9.84 Å². The topological polar surface area (TPSA) is 66.8 Å². The van der Waals surface area contributed by atoms with Crippen LogP contribution in [0.4, 0.5) is 0 Å². The van der Waals surface area contributed by atoms with Crippen molar-refractivity contribution in [1.82, 2.24) is 0 Å². The molecule has 4 nitrogen and oxygen atoms in total. The summed E-state index contributed by atoms with van der Waals surface area (Å²) in [5.74, 6) is -1.07. The summed E-state index contributed by atoms with van der Waals surface area (Å²) in [6.45, 7) is 3.82. The standard InChI is InChI=1S/C11H14O4/c1-6(2)7-4-5-8(11(13)14)10(15-3)9(7)12/h4-6,12H,1-3H3,(H,13,14). The molecule has 1 aromatic rings. The number of aromatic carboxylic acids is 1. The van der Waals surface area contributed by atoms with E-state index in [-0.39, 0.29) is 23.0 Å². The van der Waals surface area contributed by atoms with Crippen LogP contribution in [0.2, 0.25) is 0 Å². The number of ether oxygens (including phenoxy) is 1. The Morgan fingerprint density at radius 3 is 2.40 bits per heavy atom. The van der Waals surface area contributed by atoms with Gasteiger partial charge in [-0.05, 0) is 12.0 Å². The minimum Gasteiger partial charge on any atom is -0.504 e. The third-order valence-corrected chi connectivity index (χ3v) is 2.22. The van der Waals surface area contributed by atoms with E-state index in [0.717, 1.165) is 0 Å². The maximum Gasteiger partial charge on any atom is 0.339 e. The zero-order valence-electron chi connectivity index (χ0n) is 8.94. The molecule has 2 N–H and O–H groups in total. The predicted octanol–water partition coefficient (Wildman–Crippen LogP) is 2.22. The van der Waals surface area contributed by atoms with Gasteiger partial charge in [-0.25, -0.2) is 4.79 Å². The highest BCUT2D eigenvalue weighted by molar-refractivity contribution is 5.92. The second-order valence-corrected chi connectivity index (χ2v) is 3.54. The number of carbonyl (C=O) groups is 1. The first kappa shape index (κ1) is 11.4. The molecule has 0 saturated carbocycles. The first-order chi connectivity index (χ1) is 6.99. The van der Waals surface area contributed by atoms with Crippen LogP contribution in [-0.2, 0) is 0 Å². The number of phenolic OH excluding ortho intramolecular Hbond substituents is 1. The predicted molar refractivity (Wildman–Crippen MR) is 55.7 cm³/mol. The lowest BCUT2D eigenvalue weighted by atomic mass is 9.99. The first-order valence-electron chi connectivity index (χ1n) is 4.62. The van der Waals surface area contributed by atoms with Crippen LogP contribution in [0.25, 0.3) is 0 Å². The van der Waals surface area contributed by atoms with Crippen molar-refractivity contribution >= 4 is 5.97 Å². The van der Waals surface area contributed by atoms with Gasteiger partial charge in [0.1, 0.15) is 5.56 Å². The molecule has 0 fully saturated rings. The van der Waals surface area contributed by atoms with Gasteiger partial charge in [0, 0.05) is 5.56 Å². The number of carboxylic acids is 1. The summed E-state index contributed by atoms with van der Waals surface area (Å²) in [6, 6.07) is 3.04. The molecule has 1 aromatic carbocycles. The lowest BCUT2D eigenvalue weighted by Gasteiger charge is -2.13. The van der Waals surface area contributed by atoms with Gasteiger partial charge >= 0.3 is 5.97 Å². The van der Waals surface area contributed by atoms with Crippen LogP contribution < -0.4 is 4.74 Å². The summed E-state index contributed by atoms with van der Waals surface area (Å²) in [5, 5.41) is 18.7. The van der Waals surface area contributed by atoms with E-state index >= 15 is 0 Å². The monoisotopic (exact) mass is 210 g/mol. The van der Waals surface area contributed by atoms with Crippen LogP contribution in [-0.4, -0.2) is 23.3 Å². The third kappa shape index (κ3) is 2.03. The fourth-order valence-corrected chi connectivity index (χ4v) is 1.43. The summed E-state index contributed by atoms with van der Waals surface area (Å²) >= 11 is 0. The fourth-order valence-electron chi connectivity index (χ4n) is 1.43. The van der Waals surface area contributed by atoms with E-state index in [0.29, 0.717) is 5.56 Å². The van der Waals surface area contributed by atoms with Gasteiger partial charge in [0.15, 0.2) is 11.5 Å². The third-order valence-electron chi connectivity index (χ3n) is 2.22. The minimum absolute atomic E-state index is 0.0219. The van der Waals surface area contributed by atoms with E-state index < -0.39 is 5.97 Å². The zero-order chi connectivity index (χ0) is 11.6. The molecule has 0 aliphatic rings. The van der Waals surface area contributed by atoms with E-state index in [2.05, 4.69) is 0 Å². The first-order valence-corrected chi connectivity index (χ1v) is 4.62. The van der Waals surface area contributed by atoms with E-state index in [1.54, 1.807) is 6.07 Å². The van der Waals surface area contributed by atoms with Gasteiger partial charge in [-0.1, -0.05) is 19.9 Å². The van der Waals surface area contributed by atoms with Gasteiger partial charge in [0.05, 0.1) is 7.11 Å². The van der Waals surface area contributed by atoms with Gasteiger partial charge < -0.3 is 14.9 Å². The second-order valence-electron chi connectivity index (χ2n) is 3.54. The Labute approximate surface area is 88.1 Å². The molecule has 0 aliphatic carbocycles. The number of aromatic hydroxyl groups is 1. The largest absolute Gasteiger partial charge is 0.504 e. The number of hydrogen-bond acceptors (Lipinski definition) is 3. The Morgan fingerprint density at radius 1 is 1.40 bits per heavy atom. The second kappa shape index (κ2) is 4.21. The highest BCUT2D eigenvalue weighted by Crippen LogP contribution is 2.37. The van der Waals surface area contributed by atoms with Crippen molar-refractivity contribution < 1.29 is 19.7 Å². The average Bonchev–Trinajstić information content (AvgIpc) is 2.16. The molecule has 15 heavy (non-hydrogen) atoms. The van der Waals surface area contributed by atoms with Crippen LogP contribution in [0.15, 0.2) is 12.1 Å². The van der Waals surface area contributed by atoms with Crippen molar-refractivity contribution in [1.29, 1.82) is 0 Å². The Balaban J connectivity index is 3.39. The summed E-state index contributed by atoms with van der Waals surface area (Å²) in [7, 11) is 1.34. The Kier molecular flexibility index (Phi) is 3.19. The molecule has 0 saturated heterocycles. The molecular weight excluding hydrogens is 196 g/mol. The average molecular weight is 210 g/mol. The van der Waals surface area contributed by atoms with Crippen LogP contribution in [0.3, 0.4) is 0 Å².